The third-order valence-electron chi connectivity index (χ3n) is 2.58. The number of rotatable bonds is 5. The zero-order chi connectivity index (χ0) is 14.5. The quantitative estimate of drug-likeness (QED) is 0.658. The fourth-order valence-electron chi connectivity index (χ4n) is 1.59. The van der Waals surface area contributed by atoms with Crippen LogP contribution in [0.2, 0.25) is 0 Å². The second kappa shape index (κ2) is 5.98. The molecule has 2 rings (SSSR count). The molecule has 0 atom stereocenters. The molecular formula is C13H11NO6. The first-order valence-corrected chi connectivity index (χ1v) is 5.69. The summed E-state index contributed by atoms with van der Waals surface area (Å²) < 4.78 is 10.2. The first-order valence-electron chi connectivity index (χ1n) is 5.69. The predicted octanol–water partition coefficient (Wildman–Crippen LogP) is 1.62. The SMILES string of the molecule is O=c1cc(CO)occ1OCc1ccccc1[N+](=O)[O-]. The maximum atomic E-state index is 11.6. The third kappa shape index (κ3) is 3.01. The van der Waals surface area contributed by atoms with Gasteiger partial charge in [-0.1, -0.05) is 12.1 Å². The fourth-order valence-corrected chi connectivity index (χ4v) is 1.59. The van der Waals surface area contributed by atoms with Crippen LogP contribution in [0, 0.1) is 10.1 Å². The fraction of sp³-hybridized carbons (Fsp3) is 0.154. The molecule has 0 fully saturated rings. The van der Waals surface area contributed by atoms with E-state index in [2.05, 4.69) is 0 Å². The molecule has 0 bridgehead atoms. The second-order valence-corrected chi connectivity index (χ2v) is 3.91. The zero-order valence-electron chi connectivity index (χ0n) is 10.3. The lowest BCUT2D eigenvalue weighted by molar-refractivity contribution is -0.385. The lowest BCUT2D eigenvalue weighted by Crippen LogP contribution is -2.08. The van der Waals surface area contributed by atoms with Crippen molar-refractivity contribution >= 4 is 5.69 Å². The lowest BCUT2D eigenvalue weighted by atomic mass is 10.2. The van der Waals surface area contributed by atoms with Crippen LogP contribution >= 0.6 is 0 Å². The Morgan fingerprint density at radius 1 is 1.35 bits per heavy atom. The molecule has 2 aromatic rings. The standard InChI is InChI=1S/C13H11NO6/c15-6-10-5-12(16)13(8-19-10)20-7-9-3-1-2-4-11(9)14(17)18/h1-5,8,15H,6-7H2. The lowest BCUT2D eigenvalue weighted by Gasteiger charge is -2.06. The van der Waals surface area contributed by atoms with Gasteiger partial charge in [0.2, 0.25) is 11.2 Å². The minimum absolute atomic E-state index is 0.0691. The van der Waals surface area contributed by atoms with E-state index in [4.69, 9.17) is 14.3 Å². The molecule has 1 aromatic heterocycles. The van der Waals surface area contributed by atoms with Crippen molar-refractivity contribution in [2.24, 2.45) is 0 Å². The van der Waals surface area contributed by atoms with E-state index in [0.717, 1.165) is 12.3 Å². The largest absolute Gasteiger partial charge is 0.482 e. The van der Waals surface area contributed by atoms with Crippen molar-refractivity contribution in [3.8, 4) is 5.75 Å². The molecule has 0 aliphatic heterocycles. The number of nitro groups is 1. The number of para-hydroxylation sites is 1. The van der Waals surface area contributed by atoms with Gasteiger partial charge in [-0.25, -0.2) is 0 Å². The number of aliphatic hydroxyl groups excluding tert-OH is 1. The Bertz CT molecular complexity index is 679. The summed E-state index contributed by atoms with van der Waals surface area (Å²) in [5.41, 5.74) is -0.189. The summed E-state index contributed by atoms with van der Waals surface area (Å²) in [5, 5.41) is 19.6. The van der Waals surface area contributed by atoms with Gasteiger partial charge in [0, 0.05) is 12.1 Å². The van der Waals surface area contributed by atoms with Crippen molar-refractivity contribution in [1.82, 2.24) is 0 Å². The summed E-state index contributed by atoms with van der Waals surface area (Å²) in [6.45, 7) is -0.514. The summed E-state index contributed by atoms with van der Waals surface area (Å²) in [4.78, 5) is 21.9. The Labute approximate surface area is 113 Å². The van der Waals surface area contributed by atoms with Crippen LogP contribution < -0.4 is 10.2 Å². The van der Waals surface area contributed by atoms with E-state index in [-0.39, 0.29) is 30.4 Å². The maximum Gasteiger partial charge on any atom is 0.276 e. The molecule has 0 aliphatic carbocycles. The van der Waals surface area contributed by atoms with Gasteiger partial charge in [0.15, 0.2) is 0 Å². The van der Waals surface area contributed by atoms with Crippen LogP contribution in [-0.2, 0) is 13.2 Å². The molecule has 104 valence electrons. The van der Waals surface area contributed by atoms with Crippen molar-refractivity contribution in [1.29, 1.82) is 0 Å². The first-order chi connectivity index (χ1) is 9.61. The van der Waals surface area contributed by atoms with Gasteiger partial charge in [-0.15, -0.1) is 0 Å². The summed E-state index contributed by atoms with van der Waals surface area (Å²) in [5.74, 6) is 0.0494. The van der Waals surface area contributed by atoms with Crippen LogP contribution in [0.5, 0.6) is 5.75 Å². The van der Waals surface area contributed by atoms with E-state index in [9.17, 15) is 14.9 Å². The molecule has 20 heavy (non-hydrogen) atoms. The van der Waals surface area contributed by atoms with Crippen molar-refractivity contribution in [2.45, 2.75) is 13.2 Å². The molecule has 0 spiro atoms. The van der Waals surface area contributed by atoms with Crippen molar-refractivity contribution in [3.63, 3.8) is 0 Å². The van der Waals surface area contributed by atoms with Crippen molar-refractivity contribution in [2.75, 3.05) is 0 Å². The van der Waals surface area contributed by atoms with Gasteiger partial charge in [0.05, 0.1) is 10.5 Å². The Morgan fingerprint density at radius 3 is 2.75 bits per heavy atom. The van der Waals surface area contributed by atoms with E-state index in [1.54, 1.807) is 18.2 Å². The van der Waals surface area contributed by atoms with E-state index >= 15 is 0 Å². The van der Waals surface area contributed by atoms with E-state index in [1.807, 2.05) is 0 Å². The average molecular weight is 277 g/mol. The monoisotopic (exact) mass is 277 g/mol. The number of aliphatic hydroxyl groups is 1. The predicted molar refractivity (Wildman–Crippen MR) is 68.3 cm³/mol. The minimum Gasteiger partial charge on any atom is -0.482 e. The van der Waals surface area contributed by atoms with Crippen LogP contribution in [-0.4, -0.2) is 10.0 Å². The van der Waals surface area contributed by atoms with Crippen LogP contribution in [0.3, 0.4) is 0 Å². The van der Waals surface area contributed by atoms with Crippen molar-refractivity contribution in [3.05, 3.63) is 68.3 Å². The minimum atomic E-state index is -0.518. The summed E-state index contributed by atoms with van der Waals surface area (Å²) in [7, 11) is 0. The van der Waals surface area contributed by atoms with Crippen LogP contribution in [0.15, 0.2) is 45.8 Å². The molecule has 0 aliphatic rings. The number of benzene rings is 1. The van der Waals surface area contributed by atoms with Crippen molar-refractivity contribution < 1.29 is 19.2 Å². The van der Waals surface area contributed by atoms with Gasteiger partial charge in [-0.2, -0.15) is 0 Å². The Hall–Kier alpha value is -2.67. The highest BCUT2D eigenvalue weighted by Crippen LogP contribution is 2.19. The van der Waals surface area contributed by atoms with Crippen LogP contribution in [0.25, 0.3) is 0 Å². The summed E-state index contributed by atoms with van der Waals surface area (Å²) >= 11 is 0. The normalized spacial score (nSPS) is 10.2. The highest BCUT2D eigenvalue weighted by Gasteiger charge is 2.13. The molecule has 0 saturated carbocycles. The molecular weight excluding hydrogens is 266 g/mol. The van der Waals surface area contributed by atoms with Crippen LogP contribution in [0.1, 0.15) is 11.3 Å². The van der Waals surface area contributed by atoms with E-state index < -0.39 is 10.4 Å². The molecule has 1 heterocycles. The molecule has 0 unspecified atom stereocenters. The summed E-state index contributed by atoms with van der Waals surface area (Å²) in [6.07, 6.45) is 1.07. The van der Waals surface area contributed by atoms with E-state index in [0.29, 0.717) is 5.56 Å². The van der Waals surface area contributed by atoms with Gasteiger partial charge in [-0.05, 0) is 6.07 Å². The number of hydrogen-bond acceptors (Lipinski definition) is 6. The average Bonchev–Trinajstić information content (AvgIpc) is 2.46. The Kier molecular flexibility index (Phi) is 4.11. The molecule has 1 aromatic carbocycles. The number of nitro benzene ring substituents is 1. The topological polar surface area (TPSA) is 103 Å². The van der Waals surface area contributed by atoms with Crippen LogP contribution in [0.4, 0.5) is 5.69 Å². The number of ether oxygens (including phenoxy) is 1. The number of hydrogen-bond donors (Lipinski definition) is 1. The Morgan fingerprint density at radius 2 is 2.10 bits per heavy atom. The van der Waals surface area contributed by atoms with Gasteiger partial charge in [-0.3, -0.25) is 14.9 Å². The highest BCUT2D eigenvalue weighted by atomic mass is 16.6. The van der Waals surface area contributed by atoms with Gasteiger partial charge in [0.1, 0.15) is 25.2 Å². The van der Waals surface area contributed by atoms with Gasteiger partial charge in [0.25, 0.3) is 5.69 Å². The smallest absolute Gasteiger partial charge is 0.276 e. The zero-order valence-corrected chi connectivity index (χ0v) is 10.3. The molecule has 0 saturated heterocycles. The molecule has 7 heteroatoms. The second-order valence-electron chi connectivity index (χ2n) is 3.91. The molecule has 0 radical (unpaired) electrons. The van der Waals surface area contributed by atoms with Gasteiger partial charge < -0.3 is 14.3 Å². The first kappa shape index (κ1) is 13.8. The highest BCUT2D eigenvalue weighted by molar-refractivity contribution is 5.39. The third-order valence-corrected chi connectivity index (χ3v) is 2.58. The van der Waals surface area contributed by atoms with E-state index in [1.165, 1.54) is 6.07 Å². The molecule has 7 nitrogen and oxygen atoms in total. The number of nitrogens with zero attached hydrogens (tertiary/aromatic N) is 1. The summed E-state index contributed by atoms with van der Waals surface area (Å²) in [6, 6.07) is 7.20. The van der Waals surface area contributed by atoms with Gasteiger partial charge >= 0.3 is 0 Å². The Balaban J connectivity index is 2.17. The maximum absolute atomic E-state index is 11.6. The molecule has 0 amide bonds. The molecule has 1 N–H and O–H groups in total.